The van der Waals surface area contributed by atoms with Crippen LogP contribution in [0.15, 0.2) is 91.5 Å². The smallest absolute Gasteiger partial charge is 0.248 e. The Kier molecular flexibility index (Phi) is 4.31. The van der Waals surface area contributed by atoms with Crippen molar-refractivity contribution in [1.82, 2.24) is 9.55 Å². The Hall–Kier alpha value is -3.66. The van der Waals surface area contributed by atoms with Crippen molar-refractivity contribution < 1.29 is 4.79 Å². The molecule has 1 aromatic heterocycles. The van der Waals surface area contributed by atoms with Crippen LogP contribution in [0.3, 0.4) is 0 Å². The van der Waals surface area contributed by atoms with E-state index in [0.717, 1.165) is 27.7 Å². The quantitative estimate of drug-likeness (QED) is 0.549. The summed E-state index contributed by atoms with van der Waals surface area (Å²) in [6.45, 7) is 0. The molecule has 4 heteroatoms. The number of imidazole rings is 1. The largest absolute Gasteiger partial charge is 0.323 e. The summed E-state index contributed by atoms with van der Waals surface area (Å²) in [5, 5.41) is 5.17. The van der Waals surface area contributed by atoms with E-state index < -0.39 is 0 Å². The van der Waals surface area contributed by atoms with Gasteiger partial charge in [0, 0.05) is 29.8 Å². The van der Waals surface area contributed by atoms with E-state index in [9.17, 15) is 4.79 Å². The number of aromatic nitrogens is 2. The van der Waals surface area contributed by atoms with E-state index in [1.54, 1.807) is 18.6 Å². The van der Waals surface area contributed by atoms with Crippen molar-refractivity contribution in [2.75, 3.05) is 5.32 Å². The summed E-state index contributed by atoms with van der Waals surface area (Å²) in [6, 6.07) is 21.8. The van der Waals surface area contributed by atoms with Gasteiger partial charge in [-0.2, -0.15) is 0 Å². The van der Waals surface area contributed by atoms with Gasteiger partial charge in [-0.05, 0) is 46.7 Å². The average Bonchev–Trinajstić information content (AvgIpc) is 3.22. The number of carbonyl (C=O) groups excluding carboxylic acids is 1. The molecule has 4 rings (SSSR count). The van der Waals surface area contributed by atoms with Gasteiger partial charge in [-0.25, -0.2) is 4.98 Å². The van der Waals surface area contributed by atoms with Crippen LogP contribution in [-0.4, -0.2) is 15.5 Å². The first kappa shape index (κ1) is 15.8. The van der Waals surface area contributed by atoms with Crippen LogP contribution < -0.4 is 5.32 Å². The van der Waals surface area contributed by atoms with Gasteiger partial charge in [0.1, 0.15) is 0 Å². The number of nitrogens with one attached hydrogen (secondary N) is 1. The molecule has 0 saturated heterocycles. The SMILES string of the molecule is O=C(/C=C/c1cccc2ccccc12)Nc1ccc(-n2ccnc2)cc1. The molecule has 0 spiro atoms. The van der Waals surface area contributed by atoms with Crippen molar-refractivity contribution in [3.05, 3.63) is 97.1 Å². The fraction of sp³-hybridized carbons (Fsp3) is 0. The monoisotopic (exact) mass is 339 g/mol. The van der Waals surface area contributed by atoms with E-state index >= 15 is 0 Å². The van der Waals surface area contributed by atoms with Crippen molar-refractivity contribution >= 4 is 28.4 Å². The molecule has 1 N–H and O–H groups in total. The lowest BCUT2D eigenvalue weighted by molar-refractivity contribution is -0.111. The summed E-state index contributed by atoms with van der Waals surface area (Å²) in [6.07, 6.45) is 8.75. The summed E-state index contributed by atoms with van der Waals surface area (Å²) in [5.74, 6) is -0.159. The first-order valence-electron chi connectivity index (χ1n) is 8.35. The zero-order valence-electron chi connectivity index (χ0n) is 14.0. The summed E-state index contributed by atoms with van der Waals surface area (Å²) in [4.78, 5) is 16.3. The predicted molar refractivity (Wildman–Crippen MR) is 105 cm³/mol. The molecule has 4 aromatic rings. The third kappa shape index (κ3) is 3.39. The van der Waals surface area contributed by atoms with E-state index in [2.05, 4.69) is 28.5 Å². The lowest BCUT2D eigenvalue weighted by Gasteiger charge is -2.05. The number of rotatable bonds is 4. The zero-order valence-corrected chi connectivity index (χ0v) is 14.0. The van der Waals surface area contributed by atoms with Gasteiger partial charge in [0.05, 0.1) is 6.33 Å². The zero-order chi connectivity index (χ0) is 17.8. The molecule has 26 heavy (non-hydrogen) atoms. The molecule has 0 fully saturated rings. The third-order valence-electron chi connectivity index (χ3n) is 4.18. The number of amides is 1. The van der Waals surface area contributed by atoms with Crippen LogP contribution in [0.2, 0.25) is 0 Å². The highest BCUT2D eigenvalue weighted by Gasteiger charge is 2.01. The van der Waals surface area contributed by atoms with Crippen LogP contribution in [0.25, 0.3) is 22.5 Å². The average molecular weight is 339 g/mol. The maximum Gasteiger partial charge on any atom is 0.248 e. The predicted octanol–water partition coefficient (Wildman–Crippen LogP) is 4.68. The highest BCUT2D eigenvalue weighted by atomic mass is 16.1. The maximum atomic E-state index is 12.2. The summed E-state index contributed by atoms with van der Waals surface area (Å²) < 4.78 is 1.91. The van der Waals surface area contributed by atoms with Crippen molar-refractivity contribution in [2.45, 2.75) is 0 Å². The van der Waals surface area contributed by atoms with Crippen LogP contribution in [0.4, 0.5) is 5.69 Å². The molecule has 1 amide bonds. The van der Waals surface area contributed by atoms with Gasteiger partial charge in [-0.1, -0.05) is 42.5 Å². The first-order chi connectivity index (χ1) is 12.8. The minimum Gasteiger partial charge on any atom is -0.323 e. The Morgan fingerprint density at radius 2 is 1.77 bits per heavy atom. The molecule has 0 aliphatic carbocycles. The molecule has 0 radical (unpaired) electrons. The number of fused-ring (bicyclic) bond motifs is 1. The fourth-order valence-corrected chi connectivity index (χ4v) is 2.87. The van der Waals surface area contributed by atoms with Crippen molar-refractivity contribution in [3.63, 3.8) is 0 Å². The molecule has 0 atom stereocenters. The van der Waals surface area contributed by atoms with Crippen LogP contribution in [-0.2, 0) is 4.79 Å². The summed E-state index contributed by atoms with van der Waals surface area (Å²) in [5.41, 5.74) is 2.77. The van der Waals surface area contributed by atoms with Gasteiger partial charge in [-0.3, -0.25) is 4.79 Å². The number of hydrogen-bond donors (Lipinski definition) is 1. The van der Waals surface area contributed by atoms with Crippen LogP contribution >= 0.6 is 0 Å². The van der Waals surface area contributed by atoms with E-state index in [4.69, 9.17) is 0 Å². The molecular weight excluding hydrogens is 322 g/mol. The Morgan fingerprint density at radius 1 is 0.962 bits per heavy atom. The number of benzene rings is 3. The number of anilines is 1. The lowest BCUT2D eigenvalue weighted by Crippen LogP contribution is -2.07. The van der Waals surface area contributed by atoms with Gasteiger partial charge in [0.2, 0.25) is 5.91 Å². The molecular formula is C22H17N3O. The number of nitrogens with zero attached hydrogens (tertiary/aromatic N) is 2. The van der Waals surface area contributed by atoms with Crippen molar-refractivity contribution in [2.24, 2.45) is 0 Å². The first-order valence-corrected chi connectivity index (χ1v) is 8.35. The Balaban J connectivity index is 1.47. The lowest BCUT2D eigenvalue weighted by atomic mass is 10.0. The van der Waals surface area contributed by atoms with Crippen molar-refractivity contribution in [1.29, 1.82) is 0 Å². The van der Waals surface area contributed by atoms with Gasteiger partial charge in [-0.15, -0.1) is 0 Å². The maximum absolute atomic E-state index is 12.2. The summed E-state index contributed by atoms with van der Waals surface area (Å²) >= 11 is 0. The number of carbonyl (C=O) groups is 1. The van der Waals surface area contributed by atoms with E-state index in [0.29, 0.717) is 0 Å². The second-order valence-corrected chi connectivity index (χ2v) is 5.91. The molecule has 0 aliphatic heterocycles. The van der Waals surface area contributed by atoms with Crippen LogP contribution in [0, 0.1) is 0 Å². The molecule has 1 heterocycles. The van der Waals surface area contributed by atoms with Gasteiger partial charge >= 0.3 is 0 Å². The van der Waals surface area contributed by atoms with Crippen LogP contribution in [0.1, 0.15) is 5.56 Å². The third-order valence-corrected chi connectivity index (χ3v) is 4.18. The van der Waals surface area contributed by atoms with E-state index in [1.807, 2.05) is 65.4 Å². The second-order valence-electron chi connectivity index (χ2n) is 5.91. The molecule has 0 saturated carbocycles. The second kappa shape index (κ2) is 7.07. The van der Waals surface area contributed by atoms with Crippen LogP contribution in [0.5, 0.6) is 0 Å². The van der Waals surface area contributed by atoms with Crippen molar-refractivity contribution in [3.8, 4) is 5.69 Å². The Morgan fingerprint density at radius 3 is 2.58 bits per heavy atom. The van der Waals surface area contributed by atoms with Gasteiger partial charge in [0.15, 0.2) is 0 Å². The highest BCUT2D eigenvalue weighted by Crippen LogP contribution is 2.19. The molecule has 0 bridgehead atoms. The molecule has 0 aliphatic rings. The van der Waals surface area contributed by atoms with Gasteiger partial charge in [0.25, 0.3) is 0 Å². The van der Waals surface area contributed by atoms with E-state index in [-0.39, 0.29) is 5.91 Å². The van der Waals surface area contributed by atoms with E-state index in [1.165, 1.54) is 0 Å². The van der Waals surface area contributed by atoms with Gasteiger partial charge < -0.3 is 9.88 Å². The normalized spacial score (nSPS) is 11.1. The summed E-state index contributed by atoms with van der Waals surface area (Å²) in [7, 11) is 0. The molecule has 4 nitrogen and oxygen atoms in total. The molecule has 0 unspecified atom stereocenters. The molecule has 126 valence electrons. The topological polar surface area (TPSA) is 46.9 Å². The fourth-order valence-electron chi connectivity index (χ4n) is 2.87. The molecule has 3 aromatic carbocycles. The number of hydrogen-bond acceptors (Lipinski definition) is 2. The Bertz CT molecular complexity index is 1060. The standard InChI is InChI=1S/C22H17N3O/c26-22(13-8-18-6-3-5-17-4-1-2-7-21(17)18)24-19-9-11-20(12-10-19)25-15-14-23-16-25/h1-16H,(H,24,26)/b13-8+. The Labute approximate surface area is 151 Å². The minimum atomic E-state index is -0.159. The minimum absolute atomic E-state index is 0.159. The highest BCUT2D eigenvalue weighted by molar-refractivity contribution is 6.03.